The summed E-state index contributed by atoms with van der Waals surface area (Å²) >= 11 is 0. The predicted octanol–water partition coefficient (Wildman–Crippen LogP) is 4.32. The number of aryl methyl sites for hydroxylation is 1. The topological polar surface area (TPSA) is 104 Å². The van der Waals surface area contributed by atoms with Gasteiger partial charge in [0.15, 0.2) is 5.82 Å². The molecule has 0 radical (unpaired) electrons. The fourth-order valence-corrected chi connectivity index (χ4v) is 3.80. The van der Waals surface area contributed by atoms with E-state index >= 15 is 0 Å². The van der Waals surface area contributed by atoms with Crippen molar-refractivity contribution in [3.8, 4) is 11.3 Å². The van der Waals surface area contributed by atoms with Gasteiger partial charge in [0.05, 0.1) is 17.1 Å². The zero-order chi connectivity index (χ0) is 21.7. The summed E-state index contributed by atoms with van der Waals surface area (Å²) in [4.78, 5) is 18.0. The van der Waals surface area contributed by atoms with Crippen molar-refractivity contribution < 1.29 is 9.32 Å². The lowest BCUT2D eigenvalue weighted by molar-refractivity contribution is 0.102. The number of nitrogens with one attached hydrogen (secondary N) is 1. The molecule has 1 aliphatic carbocycles. The van der Waals surface area contributed by atoms with Crippen LogP contribution in [0.3, 0.4) is 0 Å². The van der Waals surface area contributed by atoms with E-state index < -0.39 is 0 Å². The van der Waals surface area contributed by atoms with Gasteiger partial charge in [0, 0.05) is 47.7 Å². The summed E-state index contributed by atoms with van der Waals surface area (Å²) in [6, 6.07) is 3.87. The van der Waals surface area contributed by atoms with Crippen LogP contribution >= 0.6 is 0 Å². The first-order chi connectivity index (χ1) is 15.0. The van der Waals surface area contributed by atoms with Crippen molar-refractivity contribution in [1.29, 1.82) is 0 Å². The first-order valence-electron chi connectivity index (χ1n) is 10.7. The summed E-state index contributed by atoms with van der Waals surface area (Å²) in [5.41, 5.74) is 4.12. The largest absolute Gasteiger partial charge is 0.335 e. The van der Waals surface area contributed by atoms with Crippen molar-refractivity contribution in [3.63, 3.8) is 0 Å². The van der Waals surface area contributed by atoms with Gasteiger partial charge in [0.1, 0.15) is 5.69 Å². The Labute approximate surface area is 179 Å². The molecule has 0 spiro atoms. The Morgan fingerprint density at radius 1 is 1.35 bits per heavy atom. The lowest BCUT2D eigenvalue weighted by Crippen LogP contribution is -2.14. The van der Waals surface area contributed by atoms with Crippen LogP contribution in [0.4, 0.5) is 5.82 Å². The number of carbonyl (C=O) groups excluding carboxylic acids is 1. The molecule has 5 rings (SSSR count). The monoisotopic (exact) mass is 419 g/mol. The Hall–Kier alpha value is -3.49. The first kappa shape index (κ1) is 19.5. The predicted molar refractivity (Wildman–Crippen MR) is 116 cm³/mol. The third kappa shape index (κ3) is 3.39. The van der Waals surface area contributed by atoms with Gasteiger partial charge in [0.25, 0.3) is 11.6 Å². The van der Waals surface area contributed by atoms with E-state index in [9.17, 15) is 4.79 Å². The van der Waals surface area contributed by atoms with Crippen LogP contribution < -0.4 is 5.32 Å². The molecule has 4 heterocycles. The first-order valence-corrected chi connectivity index (χ1v) is 10.7. The molecular weight excluding hydrogens is 394 g/mol. The van der Waals surface area contributed by atoms with Gasteiger partial charge in [-0.15, -0.1) is 0 Å². The van der Waals surface area contributed by atoms with Gasteiger partial charge in [-0.1, -0.05) is 5.16 Å². The molecule has 0 atom stereocenters. The normalized spacial score (nSPS) is 14.0. The molecule has 4 aromatic rings. The molecule has 1 fully saturated rings. The SMILES string of the molecule is CCn1ncc(-c2noc3nc(C4CC4)cc(C(=O)Nc4ccn(C(C)C)n4)c23)c1C. The van der Waals surface area contributed by atoms with Crippen molar-refractivity contribution in [1.82, 2.24) is 29.7 Å². The molecule has 1 amide bonds. The zero-order valence-electron chi connectivity index (χ0n) is 18.1. The number of nitrogens with zero attached hydrogens (tertiary/aromatic N) is 6. The fourth-order valence-electron chi connectivity index (χ4n) is 3.80. The van der Waals surface area contributed by atoms with Crippen LogP contribution in [0, 0.1) is 6.92 Å². The van der Waals surface area contributed by atoms with Gasteiger partial charge in [-0.05, 0) is 46.6 Å². The average Bonchev–Trinajstić information content (AvgIpc) is 3.17. The minimum Gasteiger partial charge on any atom is -0.335 e. The number of hydrogen-bond acceptors (Lipinski definition) is 6. The molecule has 31 heavy (non-hydrogen) atoms. The second-order valence-corrected chi connectivity index (χ2v) is 8.27. The second kappa shape index (κ2) is 7.33. The van der Waals surface area contributed by atoms with Crippen LogP contribution in [-0.2, 0) is 6.54 Å². The third-order valence-electron chi connectivity index (χ3n) is 5.74. The molecule has 4 aromatic heterocycles. The molecule has 1 saturated carbocycles. The Morgan fingerprint density at radius 2 is 2.16 bits per heavy atom. The molecular formula is C22H25N7O2. The minimum absolute atomic E-state index is 0.211. The quantitative estimate of drug-likeness (QED) is 0.499. The molecule has 1 N–H and O–H groups in total. The number of hydrogen-bond donors (Lipinski definition) is 1. The summed E-state index contributed by atoms with van der Waals surface area (Å²) in [5, 5.41) is 16.7. The minimum atomic E-state index is -0.256. The Bertz CT molecular complexity index is 1280. The van der Waals surface area contributed by atoms with E-state index in [-0.39, 0.29) is 11.9 Å². The molecule has 9 nitrogen and oxygen atoms in total. The second-order valence-electron chi connectivity index (χ2n) is 8.27. The lowest BCUT2D eigenvalue weighted by Gasteiger charge is -2.08. The van der Waals surface area contributed by atoms with Gasteiger partial charge in [-0.2, -0.15) is 10.2 Å². The van der Waals surface area contributed by atoms with Crippen LogP contribution in [0.15, 0.2) is 29.0 Å². The molecule has 9 heteroatoms. The Morgan fingerprint density at radius 3 is 2.81 bits per heavy atom. The van der Waals surface area contributed by atoms with E-state index in [1.54, 1.807) is 16.9 Å². The fraction of sp³-hybridized carbons (Fsp3) is 0.409. The molecule has 0 bridgehead atoms. The molecule has 0 aliphatic heterocycles. The van der Waals surface area contributed by atoms with Gasteiger partial charge in [0.2, 0.25) is 0 Å². The summed E-state index contributed by atoms with van der Waals surface area (Å²) in [6.45, 7) is 8.84. The summed E-state index contributed by atoms with van der Waals surface area (Å²) in [7, 11) is 0. The van der Waals surface area contributed by atoms with E-state index in [0.717, 1.165) is 36.3 Å². The van der Waals surface area contributed by atoms with Crippen LogP contribution in [0.25, 0.3) is 22.4 Å². The van der Waals surface area contributed by atoms with Crippen LogP contribution in [-0.4, -0.2) is 35.6 Å². The van der Waals surface area contributed by atoms with Crippen LogP contribution in [0.1, 0.15) is 67.3 Å². The maximum atomic E-state index is 13.4. The molecule has 1 aliphatic rings. The van der Waals surface area contributed by atoms with Crippen molar-refractivity contribution >= 4 is 22.8 Å². The number of rotatable bonds is 6. The van der Waals surface area contributed by atoms with Gasteiger partial charge < -0.3 is 9.84 Å². The van der Waals surface area contributed by atoms with Crippen LogP contribution in [0.5, 0.6) is 0 Å². The molecule has 160 valence electrons. The maximum Gasteiger partial charge on any atom is 0.259 e. The third-order valence-corrected chi connectivity index (χ3v) is 5.74. The van der Waals surface area contributed by atoms with E-state index in [1.165, 1.54) is 0 Å². The number of carbonyl (C=O) groups is 1. The summed E-state index contributed by atoms with van der Waals surface area (Å²) in [6.07, 6.45) is 5.76. The highest BCUT2D eigenvalue weighted by Gasteiger charge is 2.30. The number of amides is 1. The highest BCUT2D eigenvalue weighted by atomic mass is 16.5. The Kier molecular flexibility index (Phi) is 4.60. The van der Waals surface area contributed by atoms with Gasteiger partial charge in [-0.25, -0.2) is 4.98 Å². The van der Waals surface area contributed by atoms with E-state index in [2.05, 4.69) is 25.7 Å². The molecule has 0 saturated heterocycles. The van der Waals surface area contributed by atoms with Crippen LogP contribution in [0.2, 0.25) is 0 Å². The highest BCUT2D eigenvalue weighted by molar-refractivity contribution is 6.14. The standard InChI is InChI=1S/C22H25N7O2/c1-5-28-13(4)16(11-23-28)20-19-15(10-17(14-6-7-14)24-22(19)31-27-20)21(30)25-18-8-9-29(26-18)12(2)3/h8-12,14H,5-7H2,1-4H3,(H,25,26,30). The van der Waals surface area contributed by atoms with Crippen molar-refractivity contribution in [2.75, 3.05) is 5.32 Å². The summed E-state index contributed by atoms with van der Waals surface area (Å²) in [5.74, 6) is 0.618. The van der Waals surface area contributed by atoms with Gasteiger partial charge >= 0.3 is 0 Å². The Balaban J connectivity index is 1.61. The molecule has 0 unspecified atom stereocenters. The number of anilines is 1. The smallest absolute Gasteiger partial charge is 0.259 e. The van der Waals surface area contributed by atoms with Crippen molar-refractivity contribution in [3.05, 3.63) is 41.5 Å². The average molecular weight is 419 g/mol. The summed E-state index contributed by atoms with van der Waals surface area (Å²) < 4.78 is 9.29. The lowest BCUT2D eigenvalue weighted by atomic mass is 10.0. The number of pyridine rings is 1. The number of aromatic nitrogens is 6. The highest BCUT2D eigenvalue weighted by Crippen LogP contribution is 2.41. The zero-order valence-corrected chi connectivity index (χ0v) is 18.1. The number of fused-ring (bicyclic) bond motifs is 1. The van der Waals surface area contributed by atoms with Crippen molar-refractivity contribution in [2.45, 2.75) is 59.0 Å². The maximum absolute atomic E-state index is 13.4. The van der Waals surface area contributed by atoms with Crippen molar-refractivity contribution in [2.24, 2.45) is 0 Å². The van der Waals surface area contributed by atoms with E-state index in [1.807, 2.05) is 44.6 Å². The van der Waals surface area contributed by atoms with E-state index in [0.29, 0.717) is 34.1 Å². The molecule has 0 aromatic carbocycles. The van der Waals surface area contributed by atoms with E-state index in [4.69, 9.17) is 4.52 Å². The van der Waals surface area contributed by atoms with Gasteiger partial charge in [-0.3, -0.25) is 14.2 Å².